The van der Waals surface area contributed by atoms with E-state index in [4.69, 9.17) is 9.47 Å². The Kier molecular flexibility index (Phi) is 5.99. The van der Waals surface area contributed by atoms with E-state index in [0.717, 1.165) is 11.1 Å². The molecule has 1 fully saturated rings. The Bertz CT molecular complexity index is 602. The van der Waals surface area contributed by atoms with Crippen molar-refractivity contribution in [1.82, 2.24) is 0 Å². The first-order chi connectivity index (χ1) is 11.7. The van der Waals surface area contributed by atoms with Crippen LogP contribution in [0.15, 0.2) is 60.7 Å². The van der Waals surface area contributed by atoms with Gasteiger partial charge < -0.3 is 19.7 Å². The smallest absolute Gasteiger partial charge is 0.0875 e. The summed E-state index contributed by atoms with van der Waals surface area (Å²) >= 11 is 0. The minimum absolute atomic E-state index is 0.203. The second-order valence-corrected chi connectivity index (χ2v) is 6.29. The van der Waals surface area contributed by atoms with Crippen molar-refractivity contribution < 1.29 is 19.7 Å². The van der Waals surface area contributed by atoms with Gasteiger partial charge in [-0.15, -0.1) is 0 Å². The van der Waals surface area contributed by atoms with Crippen molar-refractivity contribution in [3.63, 3.8) is 0 Å². The molecule has 24 heavy (non-hydrogen) atoms. The SMILES string of the molecule is O[C@@H]1[C@H](COCc2ccccc2)[C@@H](OCc2ccccc2)C[C@@H]1O. The van der Waals surface area contributed by atoms with Crippen LogP contribution < -0.4 is 0 Å². The van der Waals surface area contributed by atoms with E-state index >= 15 is 0 Å². The number of hydrogen-bond donors (Lipinski definition) is 2. The molecule has 0 aromatic heterocycles. The predicted molar refractivity (Wildman–Crippen MR) is 91.2 cm³/mol. The van der Waals surface area contributed by atoms with Crippen molar-refractivity contribution in [3.8, 4) is 0 Å². The average molecular weight is 328 g/mol. The first-order valence-corrected chi connectivity index (χ1v) is 8.37. The van der Waals surface area contributed by atoms with Gasteiger partial charge >= 0.3 is 0 Å². The number of benzene rings is 2. The molecule has 4 atom stereocenters. The maximum Gasteiger partial charge on any atom is 0.0875 e. The second-order valence-electron chi connectivity index (χ2n) is 6.29. The second kappa shape index (κ2) is 8.40. The van der Waals surface area contributed by atoms with Crippen molar-refractivity contribution in [2.45, 2.75) is 37.9 Å². The zero-order valence-electron chi connectivity index (χ0n) is 13.6. The van der Waals surface area contributed by atoms with E-state index < -0.39 is 12.2 Å². The molecule has 0 unspecified atom stereocenters. The third-order valence-electron chi connectivity index (χ3n) is 4.51. The maximum atomic E-state index is 10.2. The monoisotopic (exact) mass is 328 g/mol. The Hall–Kier alpha value is -1.72. The van der Waals surface area contributed by atoms with E-state index in [1.54, 1.807) is 0 Å². The Morgan fingerprint density at radius 1 is 0.833 bits per heavy atom. The van der Waals surface area contributed by atoms with Gasteiger partial charge in [-0.1, -0.05) is 60.7 Å². The van der Waals surface area contributed by atoms with Gasteiger partial charge in [0, 0.05) is 12.3 Å². The maximum absolute atomic E-state index is 10.2. The van der Waals surface area contributed by atoms with Gasteiger partial charge in [0.2, 0.25) is 0 Å². The zero-order valence-corrected chi connectivity index (χ0v) is 13.6. The van der Waals surface area contributed by atoms with E-state index in [1.165, 1.54) is 0 Å². The van der Waals surface area contributed by atoms with Crippen LogP contribution in [0.3, 0.4) is 0 Å². The lowest BCUT2D eigenvalue weighted by Crippen LogP contribution is -2.32. The molecule has 1 saturated carbocycles. The first kappa shape index (κ1) is 17.1. The Morgan fingerprint density at radius 2 is 1.42 bits per heavy atom. The molecule has 128 valence electrons. The third-order valence-corrected chi connectivity index (χ3v) is 4.51. The molecule has 2 N–H and O–H groups in total. The molecule has 3 rings (SSSR count). The molecule has 2 aromatic rings. The van der Waals surface area contributed by atoms with Crippen molar-refractivity contribution in [3.05, 3.63) is 71.8 Å². The van der Waals surface area contributed by atoms with Crippen LogP contribution >= 0.6 is 0 Å². The van der Waals surface area contributed by atoms with Crippen LogP contribution in [0.5, 0.6) is 0 Å². The fourth-order valence-corrected chi connectivity index (χ4v) is 3.12. The van der Waals surface area contributed by atoms with Crippen molar-refractivity contribution in [2.75, 3.05) is 6.61 Å². The van der Waals surface area contributed by atoms with E-state index in [0.29, 0.717) is 26.2 Å². The van der Waals surface area contributed by atoms with Crippen LogP contribution in [-0.2, 0) is 22.7 Å². The summed E-state index contributed by atoms with van der Waals surface area (Å²) in [5.74, 6) is -0.215. The Morgan fingerprint density at radius 3 is 2.04 bits per heavy atom. The standard InChI is InChI=1S/C20H24O4/c21-18-11-19(24-13-16-9-5-2-6-10-16)17(20(18)22)14-23-12-15-7-3-1-4-8-15/h1-10,17-22H,11-14H2/t17-,18+,19+,20-/m1/s1. The molecule has 0 aliphatic heterocycles. The van der Waals surface area contributed by atoms with Crippen LogP contribution in [0, 0.1) is 5.92 Å². The summed E-state index contributed by atoms with van der Waals surface area (Å²) in [6.45, 7) is 1.33. The lowest BCUT2D eigenvalue weighted by atomic mass is 10.0. The fourth-order valence-electron chi connectivity index (χ4n) is 3.12. The van der Waals surface area contributed by atoms with Crippen molar-refractivity contribution in [1.29, 1.82) is 0 Å². The highest BCUT2D eigenvalue weighted by molar-refractivity contribution is 5.14. The molecule has 0 bridgehead atoms. The number of rotatable bonds is 7. The van der Waals surface area contributed by atoms with Crippen molar-refractivity contribution >= 4 is 0 Å². The van der Waals surface area contributed by atoms with E-state index in [-0.39, 0.29) is 12.0 Å². The van der Waals surface area contributed by atoms with Crippen LogP contribution in [-0.4, -0.2) is 35.1 Å². The molecule has 0 radical (unpaired) electrons. The summed E-state index contributed by atoms with van der Waals surface area (Å²) in [7, 11) is 0. The first-order valence-electron chi connectivity index (χ1n) is 8.37. The number of aliphatic hydroxyl groups excluding tert-OH is 2. The van der Waals surface area contributed by atoms with Crippen LogP contribution in [0.2, 0.25) is 0 Å². The summed E-state index contributed by atoms with van der Waals surface area (Å²) in [6.07, 6.45) is -1.32. The summed E-state index contributed by atoms with van der Waals surface area (Å²) in [5, 5.41) is 20.2. The molecule has 4 heteroatoms. The zero-order chi connectivity index (χ0) is 16.8. The van der Waals surface area contributed by atoms with Gasteiger partial charge in [0.15, 0.2) is 0 Å². The number of hydrogen-bond acceptors (Lipinski definition) is 4. The van der Waals surface area contributed by atoms with Gasteiger partial charge in [-0.05, 0) is 11.1 Å². The third kappa shape index (κ3) is 4.42. The topological polar surface area (TPSA) is 58.9 Å². The average Bonchev–Trinajstić information content (AvgIpc) is 2.89. The summed E-state index contributed by atoms with van der Waals surface area (Å²) in [6, 6.07) is 19.8. The predicted octanol–water partition coefficient (Wildman–Crippen LogP) is 2.53. The normalized spacial score (nSPS) is 26.6. The molecular weight excluding hydrogens is 304 g/mol. The molecule has 0 saturated heterocycles. The highest BCUT2D eigenvalue weighted by Crippen LogP contribution is 2.30. The van der Waals surface area contributed by atoms with Crippen LogP contribution in [0.1, 0.15) is 17.5 Å². The highest BCUT2D eigenvalue weighted by atomic mass is 16.5. The fraction of sp³-hybridized carbons (Fsp3) is 0.400. The largest absolute Gasteiger partial charge is 0.390 e. The van der Waals surface area contributed by atoms with Gasteiger partial charge in [0.25, 0.3) is 0 Å². The molecule has 0 spiro atoms. The van der Waals surface area contributed by atoms with Gasteiger partial charge in [0.1, 0.15) is 0 Å². The van der Waals surface area contributed by atoms with Crippen molar-refractivity contribution in [2.24, 2.45) is 5.92 Å². The van der Waals surface area contributed by atoms with Gasteiger partial charge in [-0.25, -0.2) is 0 Å². The lowest BCUT2D eigenvalue weighted by Gasteiger charge is -2.22. The summed E-state index contributed by atoms with van der Waals surface area (Å²) < 4.78 is 11.7. The molecule has 0 heterocycles. The van der Waals surface area contributed by atoms with E-state index in [9.17, 15) is 10.2 Å². The summed E-state index contributed by atoms with van der Waals surface area (Å²) in [5.41, 5.74) is 2.17. The quantitative estimate of drug-likeness (QED) is 0.820. The van der Waals surface area contributed by atoms with Crippen LogP contribution in [0.25, 0.3) is 0 Å². The lowest BCUT2D eigenvalue weighted by molar-refractivity contribution is -0.0523. The molecule has 1 aliphatic carbocycles. The number of ether oxygens (including phenoxy) is 2. The molecule has 0 amide bonds. The molecule has 4 nitrogen and oxygen atoms in total. The van der Waals surface area contributed by atoms with Gasteiger partial charge in [0.05, 0.1) is 38.1 Å². The van der Waals surface area contributed by atoms with E-state index in [2.05, 4.69) is 0 Å². The Labute approximate surface area is 142 Å². The number of aliphatic hydroxyl groups is 2. The van der Waals surface area contributed by atoms with Gasteiger partial charge in [-0.3, -0.25) is 0 Å². The van der Waals surface area contributed by atoms with Crippen LogP contribution in [0.4, 0.5) is 0 Å². The Balaban J connectivity index is 1.52. The molecular formula is C20H24O4. The highest BCUT2D eigenvalue weighted by Gasteiger charge is 2.42. The summed E-state index contributed by atoms with van der Waals surface area (Å²) in [4.78, 5) is 0. The minimum Gasteiger partial charge on any atom is -0.390 e. The van der Waals surface area contributed by atoms with Gasteiger partial charge in [-0.2, -0.15) is 0 Å². The molecule has 2 aromatic carbocycles. The minimum atomic E-state index is -0.804. The van der Waals surface area contributed by atoms with E-state index in [1.807, 2.05) is 60.7 Å². The molecule has 1 aliphatic rings.